The van der Waals surface area contributed by atoms with Gasteiger partial charge in [-0.3, -0.25) is 4.79 Å². The highest BCUT2D eigenvalue weighted by Gasteiger charge is 2.22. The summed E-state index contributed by atoms with van der Waals surface area (Å²) < 4.78 is 31.2. The Balaban J connectivity index is 2.33. The molecular formula is C16H16BrClN2O4S. The summed E-state index contributed by atoms with van der Waals surface area (Å²) in [6.45, 7) is 0. The Morgan fingerprint density at radius 3 is 2.44 bits per heavy atom. The maximum absolute atomic E-state index is 12.4. The second kappa shape index (κ2) is 7.74. The summed E-state index contributed by atoms with van der Waals surface area (Å²) in [5.74, 6) is 0.0339. The molecule has 0 aliphatic carbocycles. The van der Waals surface area contributed by atoms with Crippen molar-refractivity contribution in [3.8, 4) is 5.75 Å². The third-order valence-corrected chi connectivity index (χ3v) is 6.47. The quantitative estimate of drug-likeness (QED) is 0.760. The van der Waals surface area contributed by atoms with Crippen molar-refractivity contribution in [2.75, 3.05) is 26.5 Å². The van der Waals surface area contributed by atoms with Crippen LogP contribution in [0.2, 0.25) is 5.02 Å². The van der Waals surface area contributed by atoms with Crippen molar-refractivity contribution < 1.29 is 17.9 Å². The maximum Gasteiger partial charge on any atom is 0.255 e. The number of carbonyl (C=O) groups is 1. The first-order valence-electron chi connectivity index (χ1n) is 7.03. The van der Waals surface area contributed by atoms with Crippen LogP contribution >= 0.6 is 27.5 Å². The standard InChI is InChI=1S/C16H16BrClN2O4S/c1-20(2)25(22,23)15-8-10(4-6-12(15)17)16(21)19-11-5-7-14(24-3)13(18)9-11/h4-9H,1-3H3,(H,19,21). The Labute approximate surface area is 159 Å². The number of halogens is 2. The van der Waals surface area contributed by atoms with Gasteiger partial charge in [-0.25, -0.2) is 12.7 Å². The Bertz CT molecular complexity index is 916. The predicted molar refractivity (Wildman–Crippen MR) is 101 cm³/mol. The number of nitrogens with one attached hydrogen (secondary N) is 1. The second-order valence-corrected chi connectivity index (χ2v) is 8.62. The first-order valence-corrected chi connectivity index (χ1v) is 9.65. The van der Waals surface area contributed by atoms with Crippen LogP contribution in [-0.4, -0.2) is 39.8 Å². The largest absolute Gasteiger partial charge is 0.495 e. The normalized spacial score (nSPS) is 11.4. The number of carbonyl (C=O) groups excluding carboxylic acids is 1. The number of anilines is 1. The van der Waals surface area contributed by atoms with E-state index in [0.717, 1.165) is 4.31 Å². The molecule has 0 saturated heterocycles. The fraction of sp³-hybridized carbons (Fsp3) is 0.188. The zero-order chi connectivity index (χ0) is 18.8. The SMILES string of the molecule is COc1ccc(NC(=O)c2ccc(Br)c(S(=O)(=O)N(C)C)c2)cc1Cl. The van der Waals surface area contributed by atoms with Gasteiger partial charge in [0.25, 0.3) is 5.91 Å². The molecule has 0 heterocycles. The number of methoxy groups -OCH3 is 1. The van der Waals surface area contributed by atoms with E-state index in [-0.39, 0.29) is 10.5 Å². The van der Waals surface area contributed by atoms with Crippen molar-refractivity contribution in [3.05, 3.63) is 51.5 Å². The van der Waals surface area contributed by atoms with Crippen molar-refractivity contribution in [2.24, 2.45) is 0 Å². The van der Waals surface area contributed by atoms with Crippen LogP contribution in [0.5, 0.6) is 5.75 Å². The fourth-order valence-electron chi connectivity index (χ4n) is 1.99. The molecule has 1 amide bonds. The molecule has 0 aliphatic rings. The molecule has 2 rings (SSSR count). The van der Waals surface area contributed by atoms with Crippen LogP contribution in [0, 0.1) is 0 Å². The minimum atomic E-state index is -3.68. The van der Waals surface area contributed by atoms with Crippen molar-refractivity contribution in [3.63, 3.8) is 0 Å². The van der Waals surface area contributed by atoms with E-state index in [0.29, 0.717) is 20.9 Å². The van der Waals surface area contributed by atoms with Crippen LogP contribution in [0.4, 0.5) is 5.69 Å². The van der Waals surface area contributed by atoms with Gasteiger partial charge >= 0.3 is 0 Å². The van der Waals surface area contributed by atoms with Crippen LogP contribution in [0.15, 0.2) is 45.8 Å². The molecule has 25 heavy (non-hydrogen) atoms. The van der Waals surface area contributed by atoms with Gasteiger partial charge in [-0.05, 0) is 52.3 Å². The van der Waals surface area contributed by atoms with Gasteiger partial charge < -0.3 is 10.1 Å². The van der Waals surface area contributed by atoms with Gasteiger partial charge in [-0.15, -0.1) is 0 Å². The molecule has 0 spiro atoms. The van der Waals surface area contributed by atoms with Crippen LogP contribution in [0.1, 0.15) is 10.4 Å². The van der Waals surface area contributed by atoms with Crippen LogP contribution in [-0.2, 0) is 10.0 Å². The highest BCUT2D eigenvalue weighted by atomic mass is 79.9. The van der Waals surface area contributed by atoms with Gasteiger partial charge in [0, 0.05) is 29.8 Å². The second-order valence-electron chi connectivity index (χ2n) is 5.24. The van der Waals surface area contributed by atoms with Crippen molar-refractivity contribution in [2.45, 2.75) is 4.90 Å². The number of amides is 1. The lowest BCUT2D eigenvalue weighted by Gasteiger charge is -2.14. The molecule has 2 aromatic carbocycles. The number of hydrogen-bond donors (Lipinski definition) is 1. The zero-order valence-corrected chi connectivity index (χ0v) is 16.9. The summed E-state index contributed by atoms with van der Waals surface area (Å²) in [7, 11) is 0.660. The van der Waals surface area contributed by atoms with Gasteiger partial charge in [-0.1, -0.05) is 11.6 Å². The fourth-order valence-corrected chi connectivity index (χ4v) is 4.09. The third-order valence-electron chi connectivity index (χ3n) is 3.36. The molecule has 0 atom stereocenters. The number of ether oxygens (including phenoxy) is 1. The minimum absolute atomic E-state index is 0.0120. The number of rotatable bonds is 5. The predicted octanol–water partition coefficient (Wildman–Crippen LogP) is 3.61. The highest BCUT2D eigenvalue weighted by molar-refractivity contribution is 9.10. The number of sulfonamides is 1. The molecule has 0 fully saturated rings. The molecule has 0 saturated carbocycles. The molecule has 9 heteroatoms. The van der Waals surface area contributed by atoms with E-state index in [4.69, 9.17) is 16.3 Å². The van der Waals surface area contributed by atoms with E-state index in [2.05, 4.69) is 21.2 Å². The first-order chi connectivity index (χ1) is 11.7. The molecule has 6 nitrogen and oxygen atoms in total. The molecule has 134 valence electrons. The Morgan fingerprint density at radius 1 is 1.20 bits per heavy atom. The van der Waals surface area contributed by atoms with Crippen LogP contribution < -0.4 is 10.1 Å². The van der Waals surface area contributed by atoms with E-state index in [1.807, 2.05) is 0 Å². The molecule has 0 radical (unpaired) electrons. The molecule has 0 aromatic heterocycles. The van der Waals surface area contributed by atoms with Gasteiger partial charge in [0.1, 0.15) is 5.75 Å². The molecule has 0 unspecified atom stereocenters. The summed E-state index contributed by atoms with van der Waals surface area (Å²) in [5, 5.41) is 3.03. The monoisotopic (exact) mass is 446 g/mol. The molecular weight excluding hydrogens is 432 g/mol. The Morgan fingerprint density at radius 2 is 1.88 bits per heavy atom. The summed E-state index contributed by atoms with van der Waals surface area (Å²) in [6, 6.07) is 9.18. The molecule has 2 aromatic rings. The Kier molecular flexibility index (Phi) is 6.10. The van der Waals surface area contributed by atoms with E-state index in [1.54, 1.807) is 18.2 Å². The third kappa shape index (κ3) is 4.33. The lowest BCUT2D eigenvalue weighted by atomic mass is 10.2. The minimum Gasteiger partial charge on any atom is -0.495 e. The zero-order valence-electron chi connectivity index (χ0n) is 13.7. The molecule has 0 bridgehead atoms. The highest BCUT2D eigenvalue weighted by Crippen LogP contribution is 2.28. The first kappa shape index (κ1) is 19.7. The van der Waals surface area contributed by atoms with Gasteiger partial charge in [0.05, 0.1) is 17.0 Å². The summed E-state index contributed by atoms with van der Waals surface area (Å²) >= 11 is 9.24. The summed E-state index contributed by atoms with van der Waals surface area (Å²) in [5.41, 5.74) is 0.673. The number of nitrogens with zero attached hydrogens (tertiary/aromatic N) is 1. The smallest absolute Gasteiger partial charge is 0.255 e. The Hall–Kier alpha value is -1.61. The lowest BCUT2D eigenvalue weighted by molar-refractivity contribution is 0.102. The summed E-state index contributed by atoms with van der Waals surface area (Å²) in [6.07, 6.45) is 0. The van der Waals surface area contributed by atoms with Crippen molar-refractivity contribution in [1.29, 1.82) is 0 Å². The van der Waals surface area contributed by atoms with Crippen LogP contribution in [0.3, 0.4) is 0 Å². The van der Waals surface area contributed by atoms with Crippen molar-refractivity contribution >= 4 is 49.1 Å². The van der Waals surface area contributed by atoms with E-state index >= 15 is 0 Å². The van der Waals surface area contributed by atoms with Crippen molar-refractivity contribution in [1.82, 2.24) is 4.31 Å². The average Bonchev–Trinajstić information content (AvgIpc) is 2.55. The average molecular weight is 448 g/mol. The maximum atomic E-state index is 12.4. The number of benzene rings is 2. The van der Waals surface area contributed by atoms with E-state index < -0.39 is 15.9 Å². The van der Waals surface area contributed by atoms with E-state index in [1.165, 1.54) is 39.4 Å². The lowest BCUT2D eigenvalue weighted by Crippen LogP contribution is -2.23. The van der Waals surface area contributed by atoms with Crippen LogP contribution in [0.25, 0.3) is 0 Å². The van der Waals surface area contributed by atoms with Gasteiger partial charge in [0.15, 0.2) is 0 Å². The topological polar surface area (TPSA) is 75.7 Å². The van der Waals surface area contributed by atoms with Gasteiger partial charge in [-0.2, -0.15) is 0 Å². The van der Waals surface area contributed by atoms with Gasteiger partial charge in [0.2, 0.25) is 10.0 Å². The molecule has 1 N–H and O–H groups in total. The molecule has 0 aliphatic heterocycles. The number of hydrogen-bond acceptors (Lipinski definition) is 4. The van der Waals surface area contributed by atoms with E-state index in [9.17, 15) is 13.2 Å². The summed E-state index contributed by atoms with van der Waals surface area (Å²) in [4.78, 5) is 12.4.